The largest absolute Gasteiger partial charge is 0.352 e. The van der Waals surface area contributed by atoms with Crippen molar-refractivity contribution in [1.82, 2.24) is 10.2 Å². The van der Waals surface area contributed by atoms with Crippen LogP contribution >= 0.6 is 0 Å². The van der Waals surface area contributed by atoms with Gasteiger partial charge in [0.15, 0.2) is 6.29 Å². The van der Waals surface area contributed by atoms with Crippen molar-refractivity contribution in [3.63, 3.8) is 0 Å². The molecule has 0 spiro atoms. The van der Waals surface area contributed by atoms with Crippen molar-refractivity contribution in [3.8, 4) is 0 Å². The predicted octanol–water partition coefficient (Wildman–Crippen LogP) is 0.927. The van der Waals surface area contributed by atoms with Gasteiger partial charge in [0.05, 0.1) is 0 Å². The zero-order valence-corrected chi connectivity index (χ0v) is 10.6. The molecule has 0 aliphatic rings. The summed E-state index contributed by atoms with van der Waals surface area (Å²) >= 11 is 0. The van der Waals surface area contributed by atoms with Crippen molar-refractivity contribution in [3.05, 3.63) is 0 Å². The fourth-order valence-corrected chi connectivity index (χ4v) is 1.40. The average Bonchev–Trinajstić information content (AvgIpc) is 2.19. The van der Waals surface area contributed by atoms with E-state index in [-0.39, 0.29) is 6.29 Å². The van der Waals surface area contributed by atoms with Gasteiger partial charge in [-0.2, -0.15) is 0 Å². The van der Waals surface area contributed by atoms with Crippen molar-refractivity contribution in [1.29, 1.82) is 0 Å². The zero-order chi connectivity index (χ0) is 11.5. The molecule has 15 heavy (non-hydrogen) atoms. The van der Waals surface area contributed by atoms with E-state index in [9.17, 15) is 0 Å². The summed E-state index contributed by atoms with van der Waals surface area (Å²) in [7, 11) is 4.07. The van der Waals surface area contributed by atoms with Crippen LogP contribution in [0.15, 0.2) is 0 Å². The topological polar surface area (TPSA) is 33.7 Å². The van der Waals surface area contributed by atoms with Gasteiger partial charge >= 0.3 is 0 Å². The first kappa shape index (κ1) is 14.8. The molecular formula is C11H26N2O2. The van der Waals surface area contributed by atoms with Gasteiger partial charge in [-0.05, 0) is 47.5 Å². The van der Waals surface area contributed by atoms with E-state index in [0.717, 1.165) is 26.1 Å². The molecule has 0 aliphatic heterocycles. The number of hydrogen-bond donors (Lipinski definition) is 1. The zero-order valence-electron chi connectivity index (χ0n) is 10.6. The summed E-state index contributed by atoms with van der Waals surface area (Å²) in [6, 6.07) is 0. The van der Waals surface area contributed by atoms with Crippen LogP contribution in [0.25, 0.3) is 0 Å². The molecule has 92 valence electrons. The molecule has 0 saturated heterocycles. The number of rotatable bonds is 10. The molecule has 0 rings (SSSR count). The number of hydrogen-bond acceptors (Lipinski definition) is 4. The molecule has 0 radical (unpaired) electrons. The van der Waals surface area contributed by atoms with Gasteiger partial charge in [0.25, 0.3) is 0 Å². The van der Waals surface area contributed by atoms with Gasteiger partial charge in [-0.3, -0.25) is 0 Å². The molecule has 1 N–H and O–H groups in total. The van der Waals surface area contributed by atoms with Crippen LogP contribution in [0.1, 0.15) is 20.3 Å². The highest BCUT2D eigenvalue weighted by Crippen LogP contribution is 1.98. The SMILES string of the molecule is CCOC(CN(C)CCCNC)OCC. The summed E-state index contributed by atoms with van der Waals surface area (Å²) in [5.41, 5.74) is 0. The van der Waals surface area contributed by atoms with E-state index in [0.29, 0.717) is 13.2 Å². The molecule has 0 atom stereocenters. The van der Waals surface area contributed by atoms with Gasteiger partial charge in [0.1, 0.15) is 0 Å². The standard InChI is InChI=1S/C11H26N2O2/c1-5-14-11(15-6-2)10-13(4)9-7-8-12-3/h11-12H,5-10H2,1-4H3. The van der Waals surface area contributed by atoms with Crippen molar-refractivity contribution in [2.45, 2.75) is 26.6 Å². The lowest BCUT2D eigenvalue weighted by molar-refractivity contribution is -0.145. The molecule has 0 unspecified atom stereocenters. The van der Waals surface area contributed by atoms with E-state index in [1.165, 1.54) is 0 Å². The molecule has 4 nitrogen and oxygen atoms in total. The molecular weight excluding hydrogens is 192 g/mol. The second-order valence-corrected chi connectivity index (χ2v) is 3.56. The first-order valence-electron chi connectivity index (χ1n) is 5.80. The van der Waals surface area contributed by atoms with Crippen LogP contribution in [0.2, 0.25) is 0 Å². The summed E-state index contributed by atoms with van der Waals surface area (Å²) in [6.07, 6.45) is 1.07. The highest BCUT2D eigenvalue weighted by Gasteiger charge is 2.10. The van der Waals surface area contributed by atoms with Gasteiger partial charge in [-0.1, -0.05) is 0 Å². The number of nitrogens with one attached hydrogen (secondary N) is 1. The Bertz CT molecular complexity index is 128. The molecule has 0 amide bonds. The first-order valence-corrected chi connectivity index (χ1v) is 5.80. The minimum absolute atomic E-state index is 0.0837. The maximum absolute atomic E-state index is 5.48. The molecule has 0 saturated carbocycles. The average molecular weight is 218 g/mol. The minimum atomic E-state index is -0.0837. The Hall–Kier alpha value is -0.160. The molecule has 0 fully saturated rings. The fourth-order valence-electron chi connectivity index (χ4n) is 1.40. The molecule has 4 heteroatoms. The molecule has 0 bridgehead atoms. The number of nitrogens with zero attached hydrogens (tertiary/aromatic N) is 1. The van der Waals surface area contributed by atoms with Gasteiger partial charge in [0.2, 0.25) is 0 Å². The minimum Gasteiger partial charge on any atom is -0.352 e. The van der Waals surface area contributed by atoms with Crippen LogP contribution in [-0.2, 0) is 9.47 Å². The lowest BCUT2D eigenvalue weighted by atomic mass is 10.4. The Labute approximate surface area is 93.9 Å². The van der Waals surface area contributed by atoms with Crippen LogP contribution in [0.4, 0.5) is 0 Å². The normalized spacial score (nSPS) is 11.6. The van der Waals surface area contributed by atoms with Crippen LogP contribution in [0.5, 0.6) is 0 Å². The Morgan fingerprint density at radius 2 is 1.80 bits per heavy atom. The third kappa shape index (κ3) is 8.81. The summed E-state index contributed by atoms with van der Waals surface area (Å²) in [5.74, 6) is 0. The second kappa shape index (κ2) is 10.4. The quantitative estimate of drug-likeness (QED) is 0.437. The summed E-state index contributed by atoms with van der Waals surface area (Å²) < 4.78 is 11.0. The second-order valence-electron chi connectivity index (χ2n) is 3.56. The van der Waals surface area contributed by atoms with E-state index in [1.807, 2.05) is 20.9 Å². The molecule has 0 heterocycles. The van der Waals surface area contributed by atoms with E-state index in [4.69, 9.17) is 9.47 Å². The summed E-state index contributed by atoms with van der Waals surface area (Å²) in [5, 5.41) is 3.14. The third-order valence-electron chi connectivity index (χ3n) is 2.13. The molecule has 0 aromatic rings. The fraction of sp³-hybridized carbons (Fsp3) is 1.00. The summed E-state index contributed by atoms with van der Waals surface area (Å²) in [4.78, 5) is 2.24. The number of likely N-dealkylation sites (N-methyl/N-ethyl adjacent to an activating group) is 1. The van der Waals surface area contributed by atoms with Crippen LogP contribution < -0.4 is 5.32 Å². The maximum Gasteiger partial charge on any atom is 0.170 e. The van der Waals surface area contributed by atoms with Crippen LogP contribution in [0.3, 0.4) is 0 Å². The lowest BCUT2D eigenvalue weighted by Gasteiger charge is -2.23. The predicted molar refractivity (Wildman–Crippen MR) is 63.1 cm³/mol. The van der Waals surface area contributed by atoms with Gasteiger partial charge < -0.3 is 19.7 Å². The summed E-state index contributed by atoms with van der Waals surface area (Å²) in [6.45, 7) is 8.35. The van der Waals surface area contributed by atoms with E-state index in [1.54, 1.807) is 0 Å². The van der Waals surface area contributed by atoms with Gasteiger partial charge in [0, 0.05) is 19.8 Å². The monoisotopic (exact) mass is 218 g/mol. The molecule has 0 aromatic heterocycles. The lowest BCUT2D eigenvalue weighted by Crippen LogP contribution is -2.34. The molecule has 0 aliphatic carbocycles. The van der Waals surface area contributed by atoms with E-state index in [2.05, 4.69) is 17.3 Å². The smallest absolute Gasteiger partial charge is 0.170 e. The van der Waals surface area contributed by atoms with Crippen molar-refractivity contribution < 1.29 is 9.47 Å². The van der Waals surface area contributed by atoms with Crippen molar-refractivity contribution >= 4 is 0 Å². The Balaban J connectivity index is 3.62. The van der Waals surface area contributed by atoms with E-state index < -0.39 is 0 Å². The Kier molecular flexibility index (Phi) is 10.3. The van der Waals surface area contributed by atoms with Crippen molar-refractivity contribution in [2.24, 2.45) is 0 Å². The van der Waals surface area contributed by atoms with Crippen molar-refractivity contribution in [2.75, 3.05) is 46.9 Å². The highest BCUT2D eigenvalue weighted by molar-refractivity contribution is 4.56. The Morgan fingerprint density at radius 1 is 1.20 bits per heavy atom. The van der Waals surface area contributed by atoms with Crippen LogP contribution in [0, 0.1) is 0 Å². The Morgan fingerprint density at radius 3 is 2.27 bits per heavy atom. The number of ether oxygens (including phenoxy) is 2. The van der Waals surface area contributed by atoms with E-state index >= 15 is 0 Å². The van der Waals surface area contributed by atoms with Gasteiger partial charge in [-0.15, -0.1) is 0 Å². The first-order chi connectivity index (χ1) is 7.24. The molecule has 0 aromatic carbocycles. The third-order valence-corrected chi connectivity index (χ3v) is 2.13. The van der Waals surface area contributed by atoms with Gasteiger partial charge in [-0.25, -0.2) is 0 Å². The van der Waals surface area contributed by atoms with Crippen LogP contribution in [-0.4, -0.2) is 58.1 Å². The maximum atomic E-state index is 5.48. The highest BCUT2D eigenvalue weighted by atomic mass is 16.7.